The molecule has 3 aliphatic heterocycles. The molecule has 3 aliphatic rings. The number of benzene rings is 1. The monoisotopic (exact) mass is 333 g/mol. The molecule has 3 heteroatoms. The molecule has 4 atom stereocenters. The van der Waals surface area contributed by atoms with Gasteiger partial charge in [-0.25, -0.2) is 0 Å². The SMILES string of the molecule is Cc1ccc2c(c1)C1CN3CCC(C3)C1N2CCc1ccc(C)nc1. The van der Waals surface area contributed by atoms with Crippen molar-refractivity contribution in [2.24, 2.45) is 5.92 Å². The van der Waals surface area contributed by atoms with Crippen molar-refractivity contribution < 1.29 is 0 Å². The van der Waals surface area contributed by atoms with Gasteiger partial charge in [0, 0.05) is 49.2 Å². The molecule has 1 aromatic heterocycles. The zero-order chi connectivity index (χ0) is 17.0. The highest BCUT2D eigenvalue weighted by atomic mass is 15.3. The van der Waals surface area contributed by atoms with Crippen LogP contribution in [-0.2, 0) is 6.42 Å². The minimum Gasteiger partial charge on any atom is -0.367 e. The van der Waals surface area contributed by atoms with Crippen molar-refractivity contribution in [1.82, 2.24) is 9.88 Å². The molecule has 0 saturated carbocycles. The summed E-state index contributed by atoms with van der Waals surface area (Å²) >= 11 is 0. The van der Waals surface area contributed by atoms with Crippen LogP contribution in [0.1, 0.15) is 34.7 Å². The zero-order valence-corrected chi connectivity index (χ0v) is 15.3. The fourth-order valence-corrected chi connectivity index (χ4v) is 5.33. The van der Waals surface area contributed by atoms with Gasteiger partial charge in [-0.3, -0.25) is 4.98 Å². The van der Waals surface area contributed by atoms with Gasteiger partial charge < -0.3 is 9.80 Å². The number of pyridine rings is 1. The highest BCUT2D eigenvalue weighted by Gasteiger charge is 2.48. The van der Waals surface area contributed by atoms with E-state index in [1.165, 1.54) is 42.9 Å². The van der Waals surface area contributed by atoms with Crippen LogP contribution < -0.4 is 4.90 Å². The first-order valence-electron chi connectivity index (χ1n) is 9.70. The molecule has 4 heterocycles. The average Bonchev–Trinajstić information content (AvgIpc) is 3.14. The van der Waals surface area contributed by atoms with E-state index in [1.807, 2.05) is 0 Å². The Bertz CT molecular complexity index is 782. The largest absolute Gasteiger partial charge is 0.367 e. The van der Waals surface area contributed by atoms with Gasteiger partial charge >= 0.3 is 0 Å². The third-order valence-electron chi connectivity index (χ3n) is 6.52. The van der Waals surface area contributed by atoms with E-state index in [2.05, 4.69) is 65.2 Å². The molecular formula is C22H27N3. The van der Waals surface area contributed by atoms with Gasteiger partial charge in [0.2, 0.25) is 0 Å². The van der Waals surface area contributed by atoms with Crippen LogP contribution in [0.4, 0.5) is 5.69 Å². The quantitative estimate of drug-likeness (QED) is 0.856. The number of nitrogens with zero attached hydrogens (tertiary/aromatic N) is 3. The van der Waals surface area contributed by atoms with Gasteiger partial charge in [0.15, 0.2) is 0 Å². The van der Waals surface area contributed by atoms with Gasteiger partial charge in [-0.2, -0.15) is 0 Å². The molecule has 25 heavy (non-hydrogen) atoms. The number of aromatic nitrogens is 1. The Balaban J connectivity index is 1.45. The molecule has 0 aliphatic carbocycles. The number of hydrogen-bond donors (Lipinski definition) is 0. The van der Waals surface area contributed by atoms with E-state index in [0.29, 0.717) is 12.0 Å². The molecule has 2 bridgehead atoms. The Morgan fingerprint density at radius 2 is 2.04 bits per heavy atom. The van der Waals surface area contributed by atoms with E-state index >= 15 is 0 Å². The summed E-state index contributed by atoms with van der Waals surface area (Å²) in [5.41, 5.74) is 6.95. The lowest BCUT2D eigenvalue weighted by atomic mass is 9.83. The lowest BCUT2D eigenvalue weighted by molar-refractivity contribution is 0.220. The van der Waals surface area contributed by atoms with Crippen LogP contribution in [0, 0.1) is 19.8 Å². The first-order chi connectivity index (χ1) is 12.2. The normalized spacial score (nSPS) is 29.6. The molecule has 2 saturated heterocycles. The third-order valence-corrected chi connectivity index (χ3v) is 6.52. The van der Waals surface area contributed by atoms with Crippen LogP contribution in [0.3, 0.4) is 0 Å². The number of aryl methyl sites for hydroxylation is 2. The molecule has 2 fully saturated rings. The predicted octanol–water partition coefficient (Wildman–Crippen LogP) is 3.55. The van der Waals surface area contributed by atoms with E-state index in [1.54, 1.807) is 5.56 Å². The molecule has 130 valence electrons. The lowest BCUT2D eigenvalue weighted by Crippen LogP contribution is -2.48. The van der Waals surface area contributed by atoms with E-state index in [0.717, 1.165) is 24.6 Å². The van der Waals surface area contributed by atoms with Gasteiger partial charge in [0.1, 0.15) is 0 Å². The first-order valence-corrected chi connectivity index (χ1v) is 9.70. The lowest BCUT2D eigenvalue weighted by Gasteiger charge is -2.39. The van der Waals surface area contributed by atoms with E-state index in [9.17, 15) is 0 Å². The zero-order valence-electron chi connectivity index (χ0n) is 15.3. The average molecular weight is 333 g/mol. The summed E-state index contributed by atoms with van der Waals surface area (Å²) in [4.78, 5) is 9.90. The predicted molar refractivity (Wildman–Crippen MR) is 102 cm³/mol. The van der Waals surface area contributed by atoms with Crippen LogP contribution in [0.2, 0.25) is 0 Å². The molecule has 3 nitrogen and oxygen atoms in total. The summed E-state index contributed by atoms with van der Waals surface area (Å²) in [5, 5.41) is 0. The Labute approximate surface area is 150 Å². The summed E-state index contributed by atoms with van der Waals surface area (Å²) in [5.74, 6) is 1.54. The molecule has 1 aromatic carbocycles. The number of piperidine rings is 1. The van der Waals surface area contributed by atoms with Crippen LogP contribution in [0.15, 0.2) is 36.5 Å². The van der Waals surface area contributed by atoms with Crippen molar-refractivity contribution in [2.75, 3.05) is 31.1 Å². The Hall–Kier alpha value is -1.87. The Morgan fingerprint density at radius 1 is 1.12 bits per heavy atom. The van der Waals surface area contributed by atoms with Crippen molar-refractivity contribution in [3.63, 3.8) is 0 Å². The first kappa shape index (κ1) is 15.4. The van der Waals surface area contributed by atoms with E-state index < -0.39 is 0 Å². The highest BCUT2D eigenvalue weighted by molar-refractivity contribution is 5.64. The van der Waals surface area contributed by atoms with Crippen LogP contribution in [0.25, 0.3) is 0 Å². The second kappa shape index (κ2) is 5.84. The molecule has 2 aromatic rings. The van der Waals surface area contributed by atoms with Crippen LogP contribution in [0.5, 0.6) is 0 Å². The second-order valence-electron chi connectivity index (χ2n) is 8.22. The maximum atomic E-state index is 4.47. The number of rotatable bonds is 3. The summed E-state index contributed by atoms with van der Waals surface area (Å²) in [6.45, 7) is 9.25. The molecule has 0 spiro atoms. The van der Waals surface area contributed by atoms with Crippen molar-refractivity contribution >= 4 is 5.69 Å². The number of fused-ring (bicyclic) bond motifs is 6. The summed E-state index contributed by atoms with van der Waals surface area (Å²) in [7, 11) is 0. The molecule has 4 unspecified atom stereocenters. The maximum absolute atomic E-state index is 4.47. The Kier molecular flexibility index (Phi) is 3.60. The van der Waals surface area contributed by atoms with Crippen LogP contribution >= 0.6 is 0 Å². The van der Waals surface area contributed by atoms with Crippen LogP contribution in [-0.4, -0.2) is 42.1 Å². The second-order valence-corrected chi connectivity index (χ2v) is 8.22. The summed E-state index contributed by atoms with van der Waals surface area (Å²) in [6, 6.07) is 12.2. The number of hydrogen-bond acceptors (Lipinski definition) is 3. The Morgan fingerprint density at radius 3 is 2.88 bits per heavy atom. The van der Waals surface area contributed by atoms with Gasteiger partial charge in [0.25, 0.3) is 0 Å². The summed E-state index contributed by atoms with van der Waals surface area (Å²) in [6.07, 6.45) is 4.51. The fraction of sp³-hybridized carbons (Fsp3) is 0.500. The smallest absolute Gasteiger partial charge is 0.0412 e. The molecule has 0 radical (unpaired) electrons. The van der Waals surface area contributed by atoms with Crippen molar-refractivity contribution in [3.05, 3.63) is 58.9 Å². The third kappa shape index (κ3) is 2.56. The van der Waals surface area contributed by atoms with Crippen molar-refractivity contribution in [2.45, 2.75) is 38.6 Å². The van der Waals surface area contributed by atoms with Gasteiger partial charge in [-0.15, -0.1) is 0 Å². The van der Waals surface area contributed by atoms with Gasteiger partial charge in [-0.05, 0) is 62.4 Å². The van der Waals surface area contributed by atoms with Gasteiger partial charge in [0.05, 0.1) is 0 Å². The molecule has 0 amide bonds. The molecular weight excluding hydrogens is 306 g/mol. The standard InChI is InChI=1S/C22H27N3/c1-15-3-6-21-19(11-15)20-14-24-9-8-18(13-24)22(20)25(21)10-7-17-5-4-16(2)23-12-17/h3-6,11-12,18,20,22H,7-10,13-14H2,1-2H3. The minimum atomic E-state index is 0.701. The van der Waals surface area contributed by atoms with Crippen molar-refractivity contribution in [1.29, 1.82) is 0 Å². The van der Waals surface area contributed by atoms with Crippen molar-refractivity contribution in [3.8, 4) is 0 Å². The molecule has 0 N–H and O–H groups in total. The minimum absolute atomic E-state index is 0.701. The highest BCUT2D eigenvalue weighted by Crippen LogP contribution is 2.49. The molecule has 5 rings (SSSR count). The topological polar surface area (TPSA) is 19.4 Å². The van der Waals surface area contributed by atoms with E-state index in [-0.39, 0.29) is 0 Å². The van der Waals surface area contributed by atoms with Gasteiger partial charge in [-0.1, -0.05) is 23.8 Å². The summed E-state index contributed by atoms with van der Waals surface area (Å²) < 4.78 is 0. The van der Waals surface area contributed by atoms with E-state index in [4.69, 9.17) is 0 Å². The fourth-order valence-electron chi connectivity index (χ4n) is 5.33. The maximum Gasteiger partial charge on any atom is 0.0412 e. The number of anilines is 1.